The molecule has 2 heterocycles. The van der Waals surface area contributed by atoms with Crippen molar-refractivity contribution < 1.29 is 22.4 Å². The van der Waals surface area contributed by atoms with Crippen LogP contribution < -0.4 is 10.6 Å². The number of H-pyrrole nitrogens is 1. The number of nitrogens with one attached hydrogen (secondary N) is 3. The maximum Gasteiger partial charge on any atom is 0.255 e. The van der Waals surface area contributed by atoms with Gasteiger partial charge in [0.1, 0.15) is 5.82 Å². The van der Waals surface area contributed by atoms with Crippen molar-refractivity contribution in [1.29, 1.82) is 0 Å². The molecule has 2 aromatic rings. The summed E-state index contributed by atoms with van der Waals surface area (Å²) in [6.45, 7) is 0.0954. The third-order valence-electron chi connectivity index (χ3n) is 4.25. The van der Waals surface area contributed by atoms with Gasteiger partial charge in [-0.05, 0) is 30.7 Å². The van der Waals surface area contributed by atoms with E-state index in [9.17, 15) is 22.4 Å². The molecule has 1 saturated heterocycles. The highest BCUT2D eigenvalue weighted by Gasteiger charge is 2.28. The lowest BCUT2D eigenvalue weighted by Crippen LogP contribution is -2.37. The molecule has 1 aromatic carbocycles. The molecule has 0 aliphatic carbocycles. The molecule has 0 bridgehead atoms. The monoisotopic (exact) mass is 394 g/mol. The zero-order valence-corrected chi connectivity index (χ0v) is 15.2. The second-order valence-electron chi connectivity index (χ2n) is 6.34. The van der Waals surface area contributed by atoms with E-state index in [2.05, 4.69) is 20.8 Å². The summed E-state index contributed by atoms with van der Waals surface area (Å²) in [5.41, 5.74) is 1.34. The summed E-state index contributed by atoms with van der Waals surface area (Å²) in [7, 11) is -3.06. The molecule has 27 heavy (non-hydrogen) atoms. The number of carbonyl (C=O) groups is 2. The topological polar surface area (TPSA) is 121 Å². The van der Waals surface area contributed by atoms with Gasteiger partial charge in [0.15, 0.2) is 9.84 Å². The Hall–Kier alpha value is -2.75. The quantitative estimate of drug-likeness (QED) is 0.664. The van der Waals surface area contributed by atoms with Crippen molar-refractivity contribution in [3.05, 3.63) is 41.8 Å². The Balaban J connectivity index is 1.51. The lowest BCUT2D eigenvalue weighted by atomic mass is 10.1. The summed E-state index contributed by atoms with van der Waals surface area (Å²) in [4.78, 5) is 24.2. The van der Waals surface area contributed by atoms with Gasteiger partial charge in [-0.25, -0.2) is 12.8 Å². The second-order valence-corrected chi connectivity index (χ2v) is 8.57. The minimum atomic E-state index is -3.06. The average molecular weight is 394 g/mol. The molecule has 2 amide bonds. The van der Waals surface area contributed by atoms with E-state index in [1.54, 1.807) is 0 Å². The fourth-order valence-corrected chi connectivity index (χ4v) is 4.56. The Kier molecular flexibility index (Phi) is 5.54. The number of carbonyl (C=O) groups excluding carboxylic acids is 2. The van der Waals surface area contributed by atoms with Gasteiger partial charge in [-0.2, -0.15) is 5.10 Å². The Bertz CT molecular complexity index is 940. The van der Waals surface area contributed by atoms with E-state index >= 15 is 0 Å². The van der Waals surface area contributed by atoms with Gasteiger partial charge in [0.25, 0.3) is 5.91 Å². The minimum Gasteiger partial charge on any atom is -0.352 e. The van der Waals surface area contributed by atoms with E-state index in [1.807, 2.05) is 0 Å². The third kappa shape index (κ3) is 4.91. The van der Waals surface area contributed by atoms with Crippen molar-refractivity contribution in [3.8, 4) is 11.3 Å². The van der Waals surface area contributed by atoms with Gasteiger partial charge in [0.2, 0.25) is 5.91 Å². The number of halogens is 1. The van der Waals surface area contributed by atoms with Crippen LogP contribution in [0.1, 0.15) is 23.2 Å². The summed E-state index contributed by atoms with van der Waals surface area (Å²) in [6.07, 6.45) is 1.81. The summed E-state index contributed by atoms with van der Waals surface area (Å²) in [5, 5.41) is 11.8. The predicted octanol–water partition coefficient (Wildman–Crippen LogP) is 0.639. The Morgan fingerprint density at radius 2 is 2.00 bits per heavy atom. The van der Waals surface area contributed by atoms with E-state index in [0.717, 1.165) is 0 Å². The van der Waals surface area contributed by atoms with E-state index in [4.69, 9.17) is 0 Å². The van der Waals surface area contributed by atoms with Crippen LogP contribution in [-0.2, 0) is 14.6 Å². The smallest absolute Gasteiger partial charge is 0.255 e. The van der Waals surface area contributed by atoms with Gasteiger partial charge >= 0.3 is 0 Å². The highest BCUT2D eigenvalue weighted by molar-refractivity contribution is 7.91. The molecule has 1 aliphatic rings. The Morgan fingerprint density at radius 1 is 1.26 bits per heavy atom. The highest BCUT2D eigenvalue weighted by Crippen LogP contribution is 2.21. The normalized spacial score (nSPS) is 18.2. The summed E-state index contributed by atoms with van der Waals surface area (Å²) in [6, 6.07) is 5.26. The van der Waals surface area contributed by atoms with Crippen LogP contribution in [0.25, 0.3) is 11.3 Å². The minimum absolute atomic E-state index is 0.0338. The van der Waals surface area contributed by atoms with Crippen LogP contribution in [0, 0.1) is 5.82 Å². The molecule has 10 heteroatoms. The molecular formula is C17H19FN4O4S. The molecule has 1 aromatic heterocycles. The summed E-state index contributed by atoms with van der Waals surface area (Å²) in [5.74, 6) is -1.07. The lowest BCUT2D eigenvalue weighted by molar-refractivity contribution is -0.121. The Labute approximate surface area is 155 Å². The fraction of sp³-hybridized carbons (Fsp3) is 0.353. The van der Waals surface area contributed by atoms with E-state index in [1.165, 1.54) is 30.5 Å². The molecule has 3 rings (SSSR count). The molecule has 144 valence electrons. The van der Waals surface area contributed by atoms with Crippen LogP contribution in [0.15, 0.2) is 30.5 Å². The van der Waals surface area contributed by atoms with Crippen LogP contribution in [0.3, 0.4) is 0 Å². The first-order valence-corrected chi connectivity index (χ1v) is 10.2. The standard InChI is InChI=1S/C17H19FN4O4S/c18-12-3-1-11(2-4-12)16-14(9-20-22-16)17(24)19-7-5-15(23)21-13-6-8-27(25,26)10-13/h1-4,9,13H,5-8,10H2,(H,19,24)(H,20,22)(H,21,23)/t13-/m0/s1. The fourth-order valence-electron chi connectivity index (χ4n) is 2.89. The van der Waals surface area contributed by atoms with Crippen molar-refractivity contribution in [3.63, 3.8) is 0 Å². The number of sulfone groups is 1. The molecule has 0 radical (unpaired) electrons. The molecular weight excluding hydrogens is 375 g/mol. The molecule has 0 unspecified atom stereocenters. The third-order valence-corrected chi connectivity index (χ3v) is 6.02. The van der Waals surface area contributed by atoms with Crippen molar-refractivity contribution in [1.82, 2.24) is 20.8 Å². The lowest BCUT2D eigenvalue weighted by Gasteiger charge is -2.11. The molecule has 8 nitrogen and oxygen atoms in total. The second kappa shape index (κ2) is 7.87. The molecule has 3 N–H and O–H groups in total. The molecule has 0 spiro atoms. The van der Waals surface area contributed by atoms with Gasteiger partial charge in [-0.3, -0.25) is 14.7 Å². The van der Waals surface area contributed by atoms with Crippen molar-refractivity contribution in [2.24, 2.45) is 0 Å². The SMILES string of the molecule is O=C(CCNC(=O)c1cn[nH]c1-c1ccc(F)cc1)N[C@H]1CCS(=O)(=O)C1. The van der Waals surface area contributed by atoms with Crippen LogP contribution in [0.4, 0.5) is 4.39 Å². The zero-order chi connectivity index (χ0) is 19.4. The molecule has 0 saturated carbocycles. The number of benzene rings is 1. The summed E-state index contributed by atoms with van der Waals surface area (Å²) >= 11 is 0. The van der Waals surface area contributed by atoms with Gasteiger partial charge in [-0.1, -0.05) is 0 Å². The zero-order valence-electron chi connectivity index (χ0n) is 14.4. The maximum absolute atomic E-state index is 13.0. The van der Waals surface area contributed by atoms with Crippen LogP contribution in [0.2, 0.25) is 0 Å². The van der Waals surface area contributed by atoms with Crippen molar-refractivity contribution in [2.45, 2.75) is 18.9 Å². The van der Waals surface area contributed by atoms with Gasteiger partial charge in [0.05, 0.1) is 29.0 Å². The van der Waals surface area contributed by atoms with Gasteiger partial charge < -0.3 is 10.6 Å². The van der Waals surface area contributed by atoms with Crippen LogP contribution in [-0.4, -0.2) is 54.5 Å². The first kappa shape index (κ1) is 19.0. The van der Waals surface area contributed by atoms with Gasteiger partial charge in [0, 0.05) is 24.6 Å². The highest BCUT2D eigenvalue weighted by atomic mass is 32.2. The Morgan fingerprint density at radius 3 is 2.67 bits per heavy atom. The molecule has 1 atom stereocenters. The molecule has 1 aliphatic heterocycles. The summed E-state index contributed by atoms with van der Waals surface area (Å²) < 4.78 is 35.8. The number of aromatic nitrogens is 2. The van der Waals surface area contributed by atoms with E-state index in [-0.39, 0.29) is 47.8 Å². The molecule has 1 fully saturated rings. The number of aromatic amines is 1. The largest absolute Gasteiger partial charge is 0.352 e. The van der Waals surface area contributed by atoms with E-state index in [0.29, 0.717) is 17.7 Å². The number of nitrogens with zero attached hydrogens (tertiary/aromatic N) is 1. The number of amides is 2. The van der Waals surface area contributed by atoms with Crippen LogP contribution >= 0.6 is 0 Å². The van der Waals surface area contributed by atoms with Gasteiger partial charge in [-0.15, -0.1) is 0 Å². The average Bonchev–Trinajstić information content (AvgIpc) is 3.22. The van der Waals surface area contributed by atoms with Crippen LogP contribution in [0.5, 0.6) is 0 Å². The number of rotatable bonds is 6. The van der Waals surface area contributed by atoms with Crippen molar-refractivity contribution in [2.75, 3.05) is 18.1 Å². The van der Waals surface area contributed by atoms with Crippen molar-refractivity contribution >= 4 is 21.7 Å². The number of hydrogen-bond acceptors (Lipinski definition) is 5. The first-order chi connectivity index (χ1) is 12.8. The number of hydrogen-bond donors (Lipinski definition) is 3. The maximum atomic E-state index is 13.0. The first-order valence-electron chi connectivity index (χ1n) is 8.41. The van der Waals surface area contributed by atoms with E-state index < -0.39 is 15.7 Å². The predicted molar refractivity (Wildman–Crippen MR) is 96.1 cm³/mol.